The van der Waals surface area contributed by atoms with Gasteiger partial charge in [0.2, 0.25) is 5.91 Å². The first-order valence-electron chi connectivity index (χ1n) is 20.4. The summed E-state index contributed by atoms with van der Waals surface area (Å²) in [7, 11) is 1.98. The molecule has 1 aliphatic carbocycles. The van der Waals surface area contributed by atoms with Gasteiger partial charge in [-0.25, -0.2) is 0 Å². The summed E-state index contributed by atoms with van der Waals surface area (Å²) < 4.78 is 0. The maximum atomic E-state index is 13.1. The zero-order chi connectivity index (χ0) is 39.9. The molecular formula is C49H67N3O3. The number of amides is 2. The van der Waals surface area contributed by atoms with Crippen LogP contribution in [0.25, 0.3) is 6.08 Å². The molecule has 3 rings (SSSR count). The van der Waals surface area contributed by atoms with Crippen molar-refractivity contribution >= 4 is 23.7 Å². The summed E-state index contributed by atoms with van der Waals surface area (Å²) in [5.74, 6) is -0.0892. The van der Waals surface area contributed by atoms with E-state index in [0.717, 1.165) is 63.4 Å². The van der Waals surface area contributed by atoms with E-state index < -0.39 is 0 Å². The van der Waals surface area contributed by atoms with Gasteiger partial charge in [-0.2, -0.15) is 0 Å². The number of benzene rings is 2. The predicted molar refractivity (Wildman–Crippen MR) is 233 cm³/mol. The number of hydrogen-bond acceptors (Lipinski definition) is 4. The molecule has 6 heteroatoms. The van der Waals surface area contributed by atoms with Crippen LogP contribution in [-0.4, -0.2) is 55.7 Å². The number of carbonyl (C=O) groups is 3. The fourth-order valence-corrected chi connectivity index (χ4v) is 6.55. The number of fused-ring (bicyclic) bond motifs is 1. The number of carbonyl (C=O) groups excluding carboxylic acids is 3. The first-order chi connectivity index (χ1) is 26.4. The van der Waals surface area contributed by atoms with Crippen LogP contribution in [0.5, 0.6) is 0 Å². The van der Waals surface area contributed by atoms with Crippen LogP contribution in [0.15, 0.2) is 109 Å². The molecule has 0 heterocycles. The summed E-state index contributed by atoms with van der Waals surface area (Å²) in [6.45, 7) is 13.7. The Hall–Kier alpha value is -4.55. The van der Waals surface area contributed by atoms with Crippen molar-refractivity contribution in [3.05, 3.63) is 137 Å². The number of likely N-dealkylation sites (N-methyl/N-ethyl adjacent to an activating group) is 1. The van der Waals surface area contributed by atoms with Crippen LogP contribution < -0.4 is 10.6 Å². The Morgan fingerprint density at radius 2 is 1.20 bits per heavy atom. The summed E-state index contributed by atoms with van der Waals surface area (Å²) in [5, 5.41) is 5.97. The van der Waals surface area contributed by atoms with Gasteiger partial charge in [0, 0.05) is 43.7 Å². The zero-order valence-electron chi connectivity index (χ0n) is 34.5. The Morgan fingerprint density at radius 1 is 0.673 bits per heavy atom. The van der Waals surface area contributed by atoms with Crippen molar-refractivity contribution in [2.45, 2.75) is 110 Å². The third-order valence-corrected chi connectivity index (χ3v) is 10.3. The molecule has 0 aliphatic heterocycles. The van der Waals surface area contributed by atoms with Crippen molar-refractivity contribution in [3.8, 4) is 0 Å². The van der Waals surface area contributed by atoms with Crippen LogP contribution in [0.1, 0.15) is 136 Å². The number of rotatable bonds is 23. The first-order valence-corrected chi connectivity index (χ1v) is 20.4. The van der Waals surface area contributed by atoms with Crippen molar-refractivity contribution in [3.63, 3.8) is 0 Å². The second-order valence-corrected chi connectivity index (χ2v) is 15.9. The number of unbranched alkanes of at least 4 members (excludes halogenated alkanes) is 1. The van der Waals surface area contributed by atoms with Gasteiger partial charge in [0.25, 0.3) is 5.91 Å². The maximum absolute atomic E-state index is 13.1. The molecule has 0 fully saturated rings. The summed E-state index contributed by atoms with van der Waals surface area (Å²) in [6, 6.07) is 13.4. The van der Waals surface area contributed by atoms with Gasteiger partial charge >= 0.3 is 0 Å². The minimum absolute atomic E-state index is 0.0234. The number of nitrogens with one attached hydrogen (secondary N) is 2. The molecule has 0 saturated carbocycles. The lowest BCUT2D eigenvalue weighted by Crippen LogP contribution is -2.37. The Balaban J connectivity index is 1.24. The Labute approximate surface area is 332 Å². The van der Waals surface area contributed by atoms with Gasteiger partial charge in [-0.3, -0.25) is 14.4 Å². The van der Waals surface area contributed by atoms with Gasteiger partial charge in [0.15, 0.2) is 5.78 Å². The number of nitrogens with zero attached hydrogens (tertiary/aromatic N) is 1. The molecule has 0 unspecified atom stereocenters. The number of allylic oxidation sites excluding steroid dienone is 11. The van der Waals surface area contributed by atoms with E-state index in [1.165, 1.54) is 11.1 Å². The Morgan fingerprint density at radius 3 is 1.80 bits per heavy atom. The van der Waals surface area contributed by atoms with Crippen LogP contribution in [0.2, 0.25) is 0 Å². The molecule has 2 N–H and O–H groups in total. The Kier molecular flexibility index (Phi) is 19.6. The van der Waals surface area contributed by atoms with E-state index in [9.17, 15) is 14.4 Å². The molecule has 55 heavy (non-hydrogen) atoms. The molecule has 2 aromatic rings. The fraction of sp³-hybridized carbons (Fsp3) is 0.449. The minimum atomic E-state index is -0.139. The van der Waals surface area contributed by atoms with E-state index in [-0.39, 0.29) is 28.4 Å². The molecule has 296 valence electrons. The molecular weight excluding hydrogens is 679 g/mol. The standard InChI is InChI=1S/C49H67N3O3/c1-7-8-9-10-11-12-13-14-15-16-17-18-19-20-21-22-23-24-46(54)50-35-37-52(6)38-36-51-47(55)41-28-25-40(26-29-41)27-32-45(53)42-30-31-43-44(39-42)49(4,5)34-33-48(43,2)3/h8-9,11-12,14-15,17-18,20-21,25-32,39H,7,10,13,16,19,22-24,33-38H2,1-6H3,(H,50,54)(H,51,55)/b9-8-,12-11-,15-14-,18-17-,21-20-,32-27+. The SMILES string of the molecule is CC/C=C\C/C=C\C/C=C\C/C=C\C/C=C\CCCC(=O)NCCN(C)CCNC(=O)c1ccc(/C=C/C(=O)c2ccc3c(c2)C(C)(C)CCC3(C)C)cc1. The van der Waals surface area contributed by atoms with Gasteiger partial charge in [0.1, 0.15) is 0 Å². The molecule has 0 saturated heterocycles. The van der Waals surface area contributed by atoms with E-state index in [1.54, 1.807) is 24.3 Å². The largest absolute Gasteiger partial charge is 0.355 e. The molecule has 1 aliphatic rings. The van der Waals surface area contributed by atoms with Gasteiger partial charge in [-0.05, 0) is 117 Å². The van der Waals surface area contributed by atoms with E-state index in [0.29, 0.717) is 43.7 Å². The van der Waals surface area contributed by atoms with Crippen molar-refractivity contribution in [1.29, 1.82) is 0 Å². The highest BCUT2D eigenvalue weighted by Gasteiger charge is 2.37. The lowest BCUT2D eigenvalue weighted by atomic mass is 9.63. The van der Waals surface area contributed by atoms with E-state index >= 15 is 0 Å². The smallest absolute Gasteiger partial charge is 0.251 e. The molecule has 0 aromatic heterocycles. The monoisotopic (exact) mass is 746 g/mol. The summed E-state index contributed by atoms with van der Waals surface area (Å²) in [4.78, 5) is 40.1. The molecule has 2 aromatic carbocycles. The molecule has 2 amide bonds. The third kappa shape index (κ3) is 16.8. The van der Waals surface area contributed by atoms with E-state index in [2.05, 4.69) is 123 Å². The molecule has 0 radical (unpaired) electrons. The highest BCUT2D eigenvalue weighted by molar-refractivity contribution is 6.07. The third-order valence-electron chi connectivity index (χ3n) is 10.3. The molecule has 0 spiro atoms. The second-order valence-electron chi connectivity index (χ2n) is 15.9. The van der Waals surface area contributed by atoms with Crippen LogP contribution in [0.4, 0.5) is 0 Å². The maximum Gasteiger partial charge on any atom is 0.251 e. The Bertz CT molecular complexity index is 1690. The predicted octanol–water partition coefficient (Wildman–Crippen LogP) is 10.6. The average molecular weight is 746 g/mol. The van der Waals surface area contributed by atoms with Crippen molar-refractivity contribution in [2.24, 2.45) is 0 Å². The van der Waals surface area contributed by atoms with Gasteiger partial charge in [-0.15, -0.1) is 0 Å². The molecule has 0 bridgehead atoms. The van der Waals surface area contributed by atoms with Crippen molar-refractivity contribution < 1.29 is 14.4 Å². The number of ketones is 1. The summed E-state index contributed by atoms with van der Waals surface area (Å²) in [5.41, 5.74) is 4.92. The summed E-state index contributed by atoms with van der Waals surface area (Å²) >= 11 is 0. The van der Waals surface area contributed by atoms with Gasteiger partial charge in [-0.1, -0.05) is 126 Å². The van der Waals surface area contributed by atoms with Crippen molar-refractivity contribution in [1.82, 2.24) is 15.5 Å². The highest BCUT2D eigenvalue weighted by atomic mass is 16.2. The van der Waals surface area contributed by atoms with Crippen LogP contribution in [0.3, 0.4) is 0 Å². The minimum Gasteiger partial charge on any atom is -0.355 e. The quantitative estimate of drug-likeness (QED) is 0.0514. The lowest BCUT2D eigenvalue weighted by molar-refractivity contribution is -0.121. The lowest BCUT2D eigenvalue weighted by Gasteiger charge is -2.42. The van der Waals surface area contributed by atoms with E-state index in [1.807, 2.05) is 25.2 Å². The normalized spacial score (nSPS) is 15.3. The second kappa shape index (κ2) is 24.1. The highest BCUT2D eigenvalue weighted by Crippen LogP contribution is 2.46. The first kappa shape index (κ1) is 44.8. The van der Waals surface area contributed by atoms with Crippen molar-refractivity contribution in [2.75, 3.05) is 33.2 Å². The van der Waals surface area contributed by atoms with Crippen LogP contribution in [0, 0.1) is 0 Å². The summed E-state index contributed by atoms with van der Waals surface area (Å²) in [6.07, 6.45) is 34.8. The molecule has 0 atom stereocenters. The fourth-order valence-electron chi connectivity index (χ4n) is 6.55. The van der Waals surface area contributed by atoms with Crippen LogP contribution in [-0.2, 0) is 15.6 Å². The zero-order valence-corrected chi connectivity index (χ0v) is 34.5. The topological polar surface area (TPSA) is 78.5 Å². The number of hydrogen-bond donors (Lipinski definition) is 2. The van der Waals surface area contributed by atoms with E-state index in [4.69, 9.17) is 0 Å². The average Bonchev–Trinajstić information content (AvgIpc) is 3.17. The van der Waals surface area contributed by atoms with Crippen LogP contribution >= 0.6 is 0 Å². The molecule has 6 nitrogen and oxygen atoms in total. The van der Waals surface area contributed by atoms with Gasteiger partial charge < -0.3 is 15.5 Å². The van der Waals surface area contributed by atoms with Gasteiger partial charge in [0.05, 0.1) is 0 Å².